The fourth-order valence-corrected chi connectivity index (χ4v) is 3.20. The number of aromatic nitrogens is 2. The Morgan fingerprint density at radius 3 is 2.73 bits per heavy atom. The summed E-state index contributed by atoms with van der Waals surface area (Å²) in [5, 5.41) is 4.77. The Morgan fingerprint density at radius 2 is 1.92 bits per heavy atom. The molecule has 2 aromatic carbocycles. The van der Waals surface area contributed by atoms with Gasteiger partial charge in [0, 0.05) is 10.9 Å². The largest absolute Gasteiger partial charge is 0.465 e. The van der Waals surface area contributed by atoms with Gasteiger partial charge in [0.2, 0.25) is 5.88 Å². The van der Waals surface area contributed by atoms with Crippen LogP contribution in [0.5, 0.6) is 11.6 Å². The van der Waals surface area contributed by atoms with Crippen LogP contribution in [0.1, 0.15) is 10.4 Å². The zero-order valence-corrected chi connectivity index (χ0v) is 14.7. The lowest BCUT2D eigenvalue weighted by molar-refractivity contribution is 0.0600. The average Bonchev–Trinajstić information content (AvgIpc) is 3.22. The van der Waals surface area contributed by atoms with E-state index in [0.717, 1.165) is 16.5 Å². The van der Waals surface area contributed by atoms with Crippen molar-refractivity contribution in [3.8, 4) is 23.0 Å². The molecule has 4 aromatic rings. The van der Waals surface area contributed by atoms with Gasteiger partial charge in [-0.3, -0.25) is 0 Å². The molecule has 0 saturated heterocycles. The van der Waals surface area contributed by atoms with Crippen LogP contribution in [0, 0.1) is 0 Å². The molecule has 4 rings (SSSR count). The number of ether oxygens (including phenoxy) is 2. The molecule has 0 N–H and O–H groups in total. The summed E-state index contributed by atoms with van der Waals surface area (Å²) in [7, 11) is 1.35. The molecule has 0 bridgehead atoms. The second-order valence-electron chi connectivity index (χ2n) is 5.50. The number of fused-ring (bicyclic) bond motifs is 1. The zero-order chi connectivity index (χ0) is 17.9. The van der Waals surface area contributed by atoms with E-state index in [4.69, 9.17) is 9.47 Å². The smallest absolute Gasteiger partial charge is 0.337 e. The number of carbonyl (C=O) groups is 1. The minimum Gasteiger partial charge on any atom is -0.465 e. The average molecular weight is 362 g/mol. The molecule has 0 atom stereocenters. The van der Waals surface area contributed by atoms with E-state index in [-0.39, 0.29) is 0 Å². The van der Waals surface area contributed by atoms with Gasteiger partial charge in [0.25, 0.3) is 0 Å². The zero-order valence-electron chi connectivity index (χ0n) is 13.9. The van der Waals surface area contributed by atoms with Gasteiger partial charge in [0.1, 0.15) is 5.75 Å². The highest BCUT2D eigenvalue weighted by Gasteiger charge is 2.13. The highest BCUT2D eigenvalue weighted by molar-refractivity contribution is 7.08. The van der Waals surface area contributed by atoms with Crippen molar-refractivity contribution in [1.82, 2.24) is 9.97 Å². The van der Waals surface area contributed by atoms with Crippen molar-refractivity contribution in [3.63, 3.8) is 0 Å². The number of hydrogen-bond donors (Lipinski definition) is 0. The van der Waals surface area contributed by atoms with Crippen LogP contribution in [-0.2, 0) is 4.74 Å². The molecule has 6 heteroatoms. The highest BCUT2D eigenvalue weighted by atomic mass is 32.1. The van der Waals surface area contributed by atoms with Crippen molar-refractivity contribution in [2.45, 2.75) is 0 Å². The molecule has 128 valence electrons. The highest BCUT2D eigenvalue weighted by Crippen LogP contribution is 2.31. The van der Waals surface area contributed by atoms with E-state index in [2.05, 4.69) is 9.97 Å². The van der Waals surface area contributed by atoms with E-state index in [0.29, 0.717) is 23.0 Å². The maximum atomic E-state index is 11.7. The van der Waals surface area contributed by atoms with Gasteiger partial charge in [-0.25, -0.2) is 9.78 Å². The quantitative estimate of drug-likeness (QED) is 0.481. The van der Waals surface area contributed by atoms with Gasteiger partial charge in [0.15, 0.2) is 5.82 Å². The van der Waals surface area contributed by atoms with E-state index >= 15 is 0 Å². The molecule has 0 unspecified atom stereocenters. The molecule has 0 radical (unpaired) electrons. The summed E-state index contributed by atoms with van der Waals surface area (Å²) in [6.45, 7) is 0. The molecular formula is C20H14N2O3S. The molecular weight excluding hydrogens is 348 g/mol. The molecule has 5 nitrogen and oxygen atoms in total. The summed E-state index contributed by atoms with van der Waals surface area (Å²) >= 11 is 1.59. The monoisotopic (exact) mass is 362 g/mol. The number of esters is 1. The first-order valence-corrected chi connectivity index (χ1v) is 8.84. The normalized spacial score (nSPS) is 10.7. The number of rotatable bonds is 4. The van der Waals surface area contributed by atoms with E-state index in [1.165, 1.54) is 7.11 Å². The van der Waals surface area contributed by atoms with E-state index in [9.17, 15) is 4.79 Å². The van der Waals surface area contributed by atoms with Crippen LogP contribution in [0.2, 0.25) is 0 Å². The molecule has 0 spiro atoms. The third kappa shape index (κ3) is 3.14. The fourth-order valence-electron chi connectivity index (χ4n) is 2.56. The number of para-hydroxylation sites is 1. The Hall–Kier alpha value is -3.25. The standard InChI is InChI=1S/C20H14N2O3S/c1-24-20(23)13-5-4-6-15(11-13)25-19-16-7-2-3-8-17(16)21-18(22-19)14-9-10-26-12-14/h2-12H,1H3. The van der Waals surface area contributed by atoms with Gasteiger partial charge in [0.05, 0.1) is 23.6 Å². The van der Waals surface area contributed by atoms with Crippen LogP contribution < -0.4 is 4.74 Å². The van der Waals surface area contributed by atoms with E-state index < -0.39 is 5.97 Å². The second-order valence-corrected chi connectivity index (χ2v) is 6.28. The first-order valence-electron chi connectivity index (χ1n) is 7.90. The van der Waals surface area contributed by atoms with Gasteiger partial charge < -0.3 is 9.47 Å². The Balaban J connectivity index is 1.79. The Labute approximate surface area is 153 Å². The van der Waals surface area contributed by atoms with Crippen molar-refractivity contribution < 1.29 is 14.3 Å². The molecule has 2 aromatic heterocycles. The second kappa shape index (κ2) is 6.93. The number of benzene rings is 2. The van der Waals surface area contributed by atoms with Crippen LogP contribution in [-0.4, -0.2) is 23.0 Å². The van der Waals surface area contributed by atoms with Gasteiger partial charge in [-0.2, -0.15) is 16.3 Å². The van der Waals surface area contributed by atoms with Crippen LogP contribution in [0.25, 0.3) is 22.3 Å². The molecule has 2 heterocycles. The van der Waals surface area contributed by atoms with Crippen molar-refractivity contribution in [3.05, 3.63) is 70.9 Å². The van der Waals surface area contributed by atoms with Crippen molar-refractivity contribution >= 4 is 28.2 Å². The summed E-state index contributed by atoms with van der Waals surface area (Å²) in [4.78, 5) is 20.9. The summed E-state index contributed by atoms with van der Waals surface area (Å²) in [6, 6.07) is 16.5. The number of carbonyl (C=O) groups excluding carboxylic acids is 1. The van der Waals surface area contributed by atoms with Crippen LogP contribution in [0.15, 0.2) is 65.4 Å². The lowest BCUT2D eigenvalue weighted by atomic mass is 10.2. The van der Waals surface area contributed by atoms with E-state index in [1.807, 2.05) is 41.1 Å². The molecule has 0 aliphatic heterocycles. The minimum absolute atomic E-state index is 0.415. The first-order chi connectivity index (χ1) is 12.7. The van der Waals surface area contributed by atoms with Crippen LogP contribution >= 0.6 is 11.3 Å². The first kappa shape index (κ1) is 16.2. The maximum Gasteiger partial charge on any atom is 0.337 e. The predicted molar refractivity (Wildman–Crippen MR) is 101 cm³/mol. The van der Waals surface area contributed by atoms with Crippen molar-refractivity contribution in [1.29, 1.82) is 0 Å². The molecule has 0 amide bonds. The van der Waals surface area contributed by atoms with Crippen molar-refractivity contribution in [2.24, 2.45) is 0 Å². The SMILES string of the molecule is COC(=O)c1cccc(Oc2nc(-c3ccsc3)nc3ccccc23)c1. The Kier molecular flexibility index (Phi) is 4.33. The van der Waals surface area contributed by atoms with Crippen molar-refractivity contribution in [2.75, 3.05) is 7.11 Å². The number of hydrogen-bond acceptors (Lipinski definition) is 6. The topological polar surface area (TPSA) is 61.3 Å². The van der Waals surface area contributed by atoms with Gasteiger partial charge in [-0.15, -0.1) is 0 Å². The lowest BCUT2D eigenvalue weighted by Crippen LogP contribution is -2.01. The molecule has 26 heavy (non-hydrogen) atoms. The molecule has 0 saturated carbocycles. The summed E-state index contributed by atoms with van der Waals surface area (Å²) in [5.41, 5.74) is 2.15. The van der Waals surface area contributed by atoms with Gasteiger partial charge >= 0.3 is 5.97 Å². The number of thiophene rings is 1. The maximum absolute atomic E-state index is 11.7. The van der Waals surface area contributed by atoms with Gasteiger partial charge in [-0.05, 0) is 41.8 Å². The Morgan fingerprint density at radius 1 is 1.04 bits per heavy atom. The molecule has 0 aliphatic carbocycles. The predicted octanol–water partition coefficient (Wildman–Crippen LogP) is 4.94. The number of nitrogens with zero attached hydrogens (tertiary/aromatic N) is 2. The van der Waals surface area contributed by atoms with Crippen LogP contribution in [0.3, 0.4) is 0 Å². The minimum atomic E-state index is -0.415. The van der Waals surface area contributed by atoms with E-state index in [1.54, 1.807) is 35.6 Å². The molecule has 0 fully saturated rings. The summed E-state index contributed by atoms with van der Waals surface area (Å²) in [5.74, 6) is 1.14. The summed E-state index contributed by atoms with van der Waals surface area (Å²) in [6.07, 6.45) is 0. The third-order valence-electron chi connectivity index (χ3n) is 3.82. The third-order valence-corrected chi connectivity index (χ3v) is 4.50. The number of methoxy groups -OCH3 is 1. The van der Waals surface area contributed by atoms with Crippen LogP contribution in [0.4, 0.5) is 0 Å². The van der Waals surface area contributed by atoms with Gasteiger partial charge in [-0.1, -0.05) is 18.2 Å². The lowest BCUT2D eigenvalue weighted by Gasteiger charge is -2.10. The fraction of sp³-hybridized carbons (Fsp3) is 0.0500. The summed E-state index contributed by atoms with van der Waals surface area (Å²) < 4.78 is 10.8. The molecule has 0 aliphatic rings. The Bertz CT molecular complexity index is 1080.